The zero-order chi connectivity index (χ0) is 7.11. The Kier molecular flexibility index (Phi) is 4.98. The van der Waals surface area contributed by atoms with E-state index in [1.54, 1.807) is 12.5 Å². The molecule has 0 saturated heterocycles. The van der Waals surface area contributed by atoms with E-state index in [0.717, 1.165) is 5.92 Å². The maximum Gasteiger partial charge on any atom is 0.0902 e. The highest BCUT2D eigenvalue weighted by Gasteiger charge is 1.68. The molecule has 0 unspecified atom stereocenters. The van der Waals surface area contributed by atoms with Gasteiger partial charge in [-0.05, 0) is 18.1 Å². The lowest BCUT2D eigenvalue weighted by molar-refractivity contribution is 0.567. The average molecular weight is 126 g/mol. The summed E-state index contributed by atoms with van der Waals surface area (Å²) in [6, 6.07) is 3.67. The highest BCUT2D eigenvalue weighted by Crippen LogP contribution is 1.81. The molecule has 0 aliphatic rings. The standard InChI is InChI=1S/C4H4O.C4H10/c1-2-4-5-3-1;1-4(2)3/h1-4H;4H,1-3H3. The minimum Gasteiger partial charge on any atom is -0.473 e. The van der Waals surface area contributed by atoms with Crippen molar-refractivity contribution in [3.05, 3.63) is 24.7 Å². The molecular formula is C8H14O. The fourth-order valence-electron chi connectivity index (χ4n) is 0.227. The van der Waals surface area contributed by atoms with Crippen molar-refractivity contribution < 1.29 is 4.42 Å². The number of hydrogen-bond acceptors (Lipinski definition) is 1. The minimum absolute atomic E-state index is 0.833. The van der Waals surface area contributed by atoms with Crippen LogP contribution in [-0.2, 0) is 0 Å². The van der Waals surface area contributed by atoms with E-state index in [4.69, 9.17) is 0 Å². The molecule has 9 heavy (non-hydrogen) atoms. The Bertz CT molecular complexity index is 88.2. The maximum absolute atomic E-state index is 4.58. The number of furan rings is 1. The summed E-state index contributed by atoms with van der Waals surface area (Å²) < 4.78 is 4.58. The Labute approximate surface area is 56.7 Å². The smallest absolute Gasteiger partial charge is 0.0902 e. The zero-order valence-electron chi connectivity index (χ0n) is 6.29. The predicted octanol–water partition coefficient (Wildman–Crippen LogP) is 2.94. The topological polar surface area (TPSA) is 13.1 Å². The van der Waals surface area contributed by atoms with E-state index in [0.29, 0.717) is 0 Å². The third-order valence-electron chi connectivity index (χ3n) is 0.425. The van der Waals surface area contributed by atoms with Crippen LogP contribution in [0.4, 0.5) is 0 Å². The molecule has 1 heteroatoms. The molecule has 0 N–H and O–H groups in total. The number of rotatable bonds is 0. The molecule has 0 aromatic carbocycles. The van der Waals surface area contributed by atoms with Crippen LogP contribution in [0, 0.1) is 5.92 Å². The van der Waals surface area contributed by atoms with E-state index >= 15 is 0 Å². The summed E-state index contributed by atoms with van der Waals surface area (Å²) >= 11 is 0. The molecule has 0 saturated carbocycles. The van der Waals surface area contributed by atoms with Crippen LogP contribution in [0.2, 0.25) is 0 Å². The quantitative estimate of drug-likeness (QED) is 0.521. The zero-order valence-corrected chi connectivity index (χ0v) is 6.29. The minimum atomic E-state index is 0.833. The van der Waals surface area contributed by atoms with Crippen LogP contribution in [0.1, 0.15) is 20.8 Å². The second-order valence-corrected chi connectivity index (χ2v) is 2.53. The van der Waals surface area contributed by atoms with Gasteiger partial charge < -0.3 is 4.42 Å². The Balaban J connectivity index is 0.000000148. The first-order valence-electron chi connectivity index (χ1n) is 3.20. The second kappa shape index (κ2) is 5.42. The molecule has 0 aliphatic heterocycles. The third kappa shape index (κ3) is 11.1. The van der Waals surface area contributed by atoms with Crippen LogP contribution < -0.4 is 0 Å². The van der Waals surface area contributed by atoms with Gasteiger partial charge in [0, 0.05) is 0 Å². The molecule has 0 amide bonds. The predicted molar refractivity (Wildman–Crippen MR) is 39.2 cm³/mol. The lowest BCUT2D eigenvalue weighted by atomic mass is 10.3. The molecule has 0 aliphatic carbocycles. The summed E-state index contributed by atoms with van der Waals surface area (Å²) in [6.45, 7) is 6.50. The van der Waals surface area contributed by atoms with Gasteiger partial charge in [-0.1, -0.05) is 20.8 Å². The van der Waals surface area contributed by atoms with Gasteiger partial charge >= 0.3 is 0 Å². The van der Waals surface area contributed by atoms with Crippen LogP contribution in [-0.4, -0.2) is 0 Å². The highest BCUT2D eigenvalue weighted by atomic mass is 16.3. The highest BCUT2D eigenvalue weighted by molar-refractivity contribution is 4.79. The molecule has 1 aromatic rings. The normalized spacial score (nSPS) is 8.44. The van der Waals surface area contributed by atoms with Crippen molar-refractivity contribution >= 4 is 0 Å². The van der Waals surface area contributed by atoms with E-state index in [-0.39, 0.29) is 0 Å². The van der Waals surface area contributed by atoms with Gasteiger partial charge in [0.25, 0.3) is 0 Å². The van der Waals surface area contributed by atoms with Crippen LogP contribution in [0.3, 0.4) is 0 Å². The second-order valence-electron chi connectivity index (χ2n) is 2.53. The first-order valence-corrected chi connectivity index (χ1v) is 3.20. The molecule has 1 heterocycles. The molecule has 1 aromatic heterocycles. The molecular weight excluding hydrogens is 112 g/mol. The van der Waals surface area contributed by atoms with Gasteiger partial charge in [0.15, 0.2) is 0 Å². The van der Waals surface area contributed by atoms with Crippen molar-refractivity contribution in [2.24, 2.45) is 5.92 Å². The molecule has 0 bridgehead atoms. The van der Waals surface area contributed by atoms with Crippen molar-refractivity contribution in [1.82, 2.24) is 0 Å². The SMILES string of the molecule is CC(C)C.c1ccoc1. The van der Waals surface area contributed by atoms with Gasteiger partial charge in [-0.2, -0.15) is 0 Å². The molecule has 1 rings (SSSR count). The molecule has 0 radical (unpaired) electrons. The lowest BCUT2D eigenvalue weighted by Gasteiger charge is -1.79. The van der Waals surface area contributed by atoms with E-state index < -0.39 is 0 Å². The largest absolute Gasteiger partial charge is 0.473 e. The number of hydrogen-bond donors (Lipinski definition) is 0. The van der Waals surface area contributed by atoms with Gasteiger partial charge in [0.1, 0.15) is 0 Å². The third-order valence-corrected chi connectivity index (χ3v) is 0.425. The lowest BCUT2D eigenvalue weighted by Crippen LogP contribution is -1.66. The van der Waals surface area contributed by atoms with Gasteiger partial charge in [-0.15, -0.1) is 0 Å². The van der Waals surface area contributed by atoms with E-state index in [1.807, 2.05) is 12.1 Å². The molecule has 0 fully saturated rings. The molecule has 1 nitrogen and oxygen atoms in total. The summed E-state index contributed by atoms with van der Waals surface area (Å²) in [4.78, 5) is 0. The summed E-state index contributed by atoms with van der Waals surface area (Å²) in [5.41, 5.74) is 0. The van der Waals surface area contributed by atoms with Crippen molar-refractivity contribution in [3.63, 3.8) is 0 Å². The summed E-state index contributed by atoms with van der Waals surface area (Å²) in [5, 5.41) is 0. The fraction of sp³-hybridized carbons (Fsp3) is 0.500. The van der Waals surface area contributed by atoms with E-state index in [9.17, 15) is 0 Å². The molecule has 0 spiro atoms. The monoisotopic (exact) mass is 126 g/mol. The fourth-order valence-corrected chi connectivity index (χ4v) is 0.227. The van der Waals surface area contributed by atoms with E-state index in [2.05, 4.69) is 25.2 Å². The Hall–Kier alpha value is -0.720. The Morgan fingerprint density at radius 3 is 1.44 bits per heavy atom. The first-order chi connectivity index (χ1) is 4.23. The van der Waals surface area contributed by atoms with Crippen molar-refractivity contribution in [3.8, 4) is 0 Å². The van der Waals surface area contributed by atoms with Crippen molar-refractivity contribution in [1.29, 1.82) is 0 Å². The van der Waals surface area contributed by atoms with Crippen molar-refractivity contribution in [2.45, 2.75) is 20.8 Å². The van der Waals surface area contributed by atoms with Crippen LogP contribution >= 0.6 is 0 Å². The van der Waals surface area contributed by atoms with Crippen LogP contribution in [0.15, 0.2) is 29.1 Å². The Morgan fingerprint density at radius 1 is 1.00 bits per heavy atom. The molecule has 52 valence electrons. The summed E-state index contributed by atoms with van der Waals surface area (Å²) in [5.74, 6) is 0.833. The average Bonchev–Trinajstić information content (AvgIpc) is 2.11. The molecule has 0 atom stereocenters. The van der Waals surface area contributed by atoms with Gasteiger partial charge in [0.2, 0.25) is 0 Å². The first kappa shape index (κ1) is 8.28. The van der Waals surface area contributed by atoms with Gasteiger partial charge in [-0.25, -0.2) is 0 Å². The Morgan fingerprint density at radius 2 is 1.33 bits per heavy atom. The van der Waals surface area contributed by atoms with Gasteiger partial charge in [0.05, 0.1) is 12.5 Å². The van der Waals surface area contributed by atoms with Gasteiger partial charge in [-0.3, -0.25) is 0 Å². The van der Waals surface area contributed by atoms with Crippen LogP contribution in [0.25, 0.3) is 0 Å². The van der Waals surface area contributed by atoms with Crippen molar-refractivity contribution in [2.75, 3.05) is 0 Å². The van der Waals surface area contributed by atoms with E-state index in [1.165, 1.54) is 0 Å². The maximum atomic E-state index is 4.58. The van der Waals surface area contributed by atoms with Crippen LogP contribution in [0.5, 0.6) is 0 Å². The summed E-state index contributed by atoms with van der Waals surface area (Å²) in [6.07, 6.45) is 3.25. The summed E-state index contributed by atoms with van der Waals surface area (Å²) in [7, 11) is 0.